The lowest BCUT2D eigenvalue weighted by Gasteiger charge is -2.03. The molecule has 3 heteroatoms. The van der Waals surface area contributed by atoms with Crippen molar-refractivity contribution in [3.63, 3.8) is 0 Å². The third-order valence-electron chi connectivity index (χ3n) is 1.02. The summed E-state index contributed by atoms with van der Waals surface area (Å²) in [6, 6.07) is 0. The van der Waals surface area contributed by atoms with Crippen LogP contribution in [0.15, 0.2) is 12.7 Å². The number of carbonyl (C=O) groups excluding carboxylic acids is 1. The zero-order valence-corrected chi connectivity index (χ0v) is 8.46. The van der Waals surface area contributed by atoms with Gasteiger partial charge in [-0.25, -0.2) is 0 Å². The topological polar surface area (TPSA) is 29.5 Å². The Labute approximate surface area is 75.0 Å². The lowest BCUT2D eigenvalue weighted by atomic mass is 10.5. The molecule has 0 radical (unpaired) electrons. The van der Waals surface area contributed by atoms with Crippen molar-refractivity contribution >= 4 is 5.91 Å². The maximum atomic E-state index is 10.3. The van der Waals surface area contributed by atoms with E-state index < -0.39 is 0 Å². The second-order valence-electron chi connectivity index (χ2n) is 2.22. The summed E-state index contributed by atoms with van der Waals surface area (Å²) < 4.78 is 4.83. The first-order valence-corrected chi connectivity index (χ1v) is 4.01. The third kappa shape index (κ3) is 11.9. The van der Waals surface area contributed by atoms with Crippen LogP contribution in [-0.4, -0.2) is 38.1 Å². The van der Waals surface area contributed by atoms with Crippen LogP contribution in [0.5, 0.6) is 0 Å². The van der Waals surface area contributed by atoms with Crippen molar-refractivity contribution in [3.05, 3.63) is 12.7 Å². The molecule has 0 atom stereocenters. The standard InChI is InChI=1S/C5H9NO.C4H10O/c1-4-5(7)6(2)3;1-3-5-4-2/h4H,1H2,2-3H3;3-4H2,1-2H3. The van der Waals surface area contributed by atoms with E-state index in [1.165, 1.54) is 11.0 Å². The average Bonchev–Trinajstić information content (AvgIpc) is 2.05. The highest BCUT2D eigenvalue weighted by Crippen LogP contribution is 1.74. The number of carbonyl (C=O) groups is 1. The molecule has 0 aromatic heterocycles. The Balaban J connectivity index is 0. The van der Waals surface area contributed by atoms with Crippen LogP contribution < -0.4 is 0 Å². The van der Waals surface area contributed by atoms with E-state index in [0.29, 0.717) is 0 Å². The number of ether oxygens (including phenoxy) is 1. The van der Waals surface area contributed by atoms with Crippen LogP contribution in [0.2, 0.25) is 0 Å². The summed E-state index contributed by atoms with van der Waals surface area (Å²) in [6.07, 6.45) is 1.28. The van der Waals surface area contributed by atoms with Crippen LogP contribution >= 0.6 is 0 Å². The largest absolute Gasteiger partial charge is 0.382 e. The molecule has 1 amide bonds. The van der Waals surface area contributed by atoms with Crippen molar-refractivity contribution in [2.24, 2.45) is 0 Å². The van der Waals surface area contributed by atoms with Crippen LogP contribution in [0.25, 0.3) is 0 Å². The molecule has 3 nitrogen and oxygen atoms in total. The second-order valence-corrected chi connectivity index (χ2v) is 2.22. The predicted octanol–water partition coefficient (Wildman–Crippen LogP) is 1.30. The van der Waals surface area contributed by atoms with Crippen LogP contribution in [0.1, 0.15) is 13.8 Å². The second kappa shape index (κ2) is 10.2. The molecule has 0 saturated heterocycles. The summed E-state index contributed by atoms with van der Waals surface area (Å²) in [6.45, 7) is 8.96. The van der Waals surface area contributed by atoms with Crippen molar-refractivity contribution in [3.8, 4) is 0 Å². The number of hydrogen-bond acceptors (Lipinski definition) is 2. The minimum Gasteiger partial charge on any atom is -0.382 e. The Hall–Kier alpha value is -0.830. The van der Waals surface area contributed by atoms with Crippen molar-refractivity contribution in [1.82, 2.24) is 4.90 Å². The molecule has 0 unspecified atom stereocenters. The van der Waals surface area contributed by atoms with E-state index in [0.717, 1.165) is 13.2 Å². The van der Waals surface area contributed by atoms with Gasteiger partial charge in [0.2, 0.25) is 5.91 Å². The van der Waals surface area contributed by atoms with E-state index in [-0.39, 0.29) is 5.91 Å². The van der Waals surface area contributed by atoms with Crippen molar-refractivity contribution < 1.29 is 9.53 Å². The molecule has 0 spiro atoms. The maximum Gasteiger partial charge on any atom is 0.245 e. The zero-order valence-electron chi connectivity index (χ0n) is 8.46. The molecule has 0 fully saturated rings. The Morgan fingerprint density at radius 1 is 1.42 bits per heavy atom. The third-order valence-corrected chi connectivity index (χ3v) is 1.02. The maximum absolute atomic E-state index is 10.3. The number of hydrogen-bond donors (Lipinski definition) is 0. The number of rotatable bonds is 3. The van der Waals surface area contributed by atoms with E-state index in [2.05, 4.69) is 6.58 Å². The molecular formula is C9H19NO2. The molecule has 12 heavy (non-hydrogen) atoms. The molecule has 0 heterocycles. The van der Waals surface area contributed by atoms with Gasteiger partial charge < -0.3 is 9.64 Å². The number of amides is 1. The monoisotopic (exact) mass is 173 g/mol. The first-order valence-electron chi connectivity index (χ1n) is 4.01. The first kappa shape index (κ1) is 13.7. The fraction of sp³-hybridized carbons (Fsp3) is 0.667. The summed E-state index contributed by atoms with van der Waals surface area (Å²) in [4.78, 5) is 11.8. The van der Waals surface area contributed by atoms with Crippen LogP contribution in [0.3, 0.4) is 0 Å². The van der Waals surface area contributed by atoms with E-state index in [4.69, 9.17) is 4.74 Å². The highest BCUT2D eigenvalue weighted by Gasteiger charge is 1.91. The van der Waals surface area contributed by atoms with Crippen LogP contribution in [0, 0.1) is 0 Å². The van der Waals surface area contributed by atoms with Gasteiger partial charge in [0, 0.05) is 27.3 Å². The Kier molecular flexibility index (Phi) is 11.6. The SMILES string of the molecule is C=CC(=O)N(C)C.CCOCC. The number of likely N-dealkylation sites (N-methyl/N-ethyl adjacent to an activating group) is 1. The average molecular weight is 173 g/mol. The van der Waals surface area contributed by atoms with Gasteiger partial charge in [0.05, 0.1) is 0 Å². The molecule has 0 aliphatic heterocycles. The van der Waals surface area contributed by atoms with Gasteiger partial charge in [-0.2, -0.15) is 0 Å². The first-order chi connectivity index (χ1) is 5.59. The Morgan fingerprint density at radius 3 is 1.83 bits per heavy atom. The quantitative estimate of drug-likeness (QED) is 0.602. The molecule has 0 rings (SSSR count). The molecule has 0 saturated carbocycles. The fourth-order valence-corrected chi connectivity index (χ4v) is 0.387. The Bertz CT molecular complexity index is 120. The fourth-order valence-electron chi connectivity index (χ4n) is 0.387. The summed E-state index contributed by atoms with van der Waals surface area (Å²) in [5.74, 6) is -0.0556. The summed E-state index contributed by atoms with van der Waals surface area (Å²) in [5, 5.41) is 0. The van der Waals surface area contributed by atoms with Gasteiger partial charge in [0.1, 0.15) is 0 Å². The molecule has 0 aliphatic rings. The van der Waals surface area contributed by atoms with Crippen molar-refractivity contribution in [1.29, 1.82) is 0 Å². The molecule has 72 valence electrons. The van der Waals surface area contributed by atoms with Crippen molar-refractivity contribution in [2.75, 3.05) is 27.3 Å². The molecule has 0 aliphatic carbocycles. The van der Waals surface area contributed by atoms with E-state index in [1.807, 2.05) is 13.8 Å². The lowest BCUT2D eigenvalue weighted by Crippen LogP contribution is -2.18. The van der Waals surface area contributed by atoms with Gasteiger partial charge in [0.25, 0.3) is 0 Å². The van der Waals surface area contributed by atoms with E-state index >= 15 is 0 Å². The lowest BCUT2D eigenvalue weighted by molar-refractivity contribution is -0.123. The highest BCUT2D eigenvalue weighted by molar-refractivity contribution is 5.86. The summed E-state index contributed by atoms with van der Waals surface area (Å²) in [7, 11) is 3.37. The van der Waals surface area contributed by atoms with E-state index in [1.54, 1.807) is 14.1 Å². The number of nitrogens with zero attached hydrogens (tertiary/aromatic N) is 1. The van der Waals surface area contributed by atoms with Gasteiger partial charge in [-0.1, -0.05) is 6.58 Å². The van der Waals surface area contributed by atoms with Gasteiger partial charge in [-0.05, 0) is 19.9 Å². The molecule has 0 aromatic rings. The highest BCUT2D eigenvalue weighted by atomic mass is 16.5. The van der Waals surface area contributed by atoms with E-state index in [9.17, 15) is 4.79 Å². The van der Waals surface area contributed by atoms with Gasteiger partial charge >= 0.3 is 0 Å². The van der Waals surface area contributed by atoms with Gasteiger partial charge in [0.15, 0.2) is 0 Å². The van der Waals surface area contributed by atoms with Crippen LogP contribution in [-0.2, 0) is 9.53 Å². The minimum atomic E-state index is -0.0556. The molecule has 0 bridgehead atoms. The summed E-state index contributed by atoms with van der Waals surface area (Å²) in [5.41, 5.74) is 0. The minimum absolute atomic E-state index is 0.0556. The molecular weight excluding hydrogens is 154 g/mol. The predicted molar refractivity (Wildman–Crippen MR) is 51.1 cm³/mol. The molecule has 0 aromatic carbocycles. The smallest absolute Gasteiger partial charge is 0.245 e. The van der Waals surface area contributed by atoms with Gasteiger partial charge in [-0.15, -0.1) is 0 Å². The normalized spacial score (nSPS) is 8.00. The molecule has 0 N–H and O–H groups in total. The summed E-state index contributed by atoms with van der Waals surface area (Å²) >= 11 is 0. The van der Waals surface area contributed by atoms with Crippen LogP contribution in [0.4, 0.5) is 0 Å². The van der Waals surface area contributed by atoms with Gasteiger partial charge in [-0.3, -0.25) is 4.79 Å². The Morgan fingerprint density at radius 2 is 1.83 bits per heavy atom. The zero-order chi connectivity index (χ0) is 9.98. The van der Waals surface area contributed by atoms with Crippen molar-refractivity contribution in [2.45, 2.75) is 13.8 Å².